The lowest BCUT2D eigenvalue weighted by Gasteiger charge is -2.42. The molecule has 62 heavy (non-hydrogen) atoms. The number of anilines is 2. The van der Waals surface area contributed by atoms with Gasteiger partial charge in [-0.15, -0.1) is 13.2 Å². The maximum atomic E-state index is 13.8. The molecule has 0 bridgehead atoms. The molecule has 0 radical (unpaired) electrons. The molecule has 2 aliphatic heterocycles. The summed E-state index contributed by atoms with van der Waals surface area (Å²) in [6, 6.07) is 13.8. The lowest BCUT2D eigenvalue weighted by atomic mass is 9.94. The summed E-state index contributed by atoms with van der Waals surface area (Å²) >= 11 is 0. The number of nitrogens with zero attached hydrogens (tertiary/aromatic N) is 5. The number of imidazole rings is 1. The van der Waals surface area contributed by atoms with E-state index in [-0.39, 0.29) is 46.6 Å². The van der Waals surface area contributed by atoms with Crippen LogP contribution in [0.3, 0.4) is 0 Å². The number of benzene rings is 2. The molecule has 3 N–H and O–H groups in total. The van der Waals surface area contributed by atoms with Crippen molar-refractivity contribution in [2.45, 2.75) is 85.2 Å². The van der Waals surface area contributed by atoms with E-state index < -0.39 is 43.6 Å². The minimum atomic E-state index is -5.01. The van der Waals surface area contributed by atoms with Crippen LogP contribution in [0.15, 0.2) is 67.0 Å². The second-order valence-corrected chi connectivity index (χ2v) is 23.2. The van der Waals surface area contributed by atoms with Crippen LogP contribution in [-0.2, 0) is 14.3 Å². The van der Waals surface area contributed by atoms with Crippen LogP contribution < -0.4 is 20.3 Å². The number of rotatable bonds is 10. The van der Waals surface area contributed by atoms with Crippen molar-refractivity contribution in [2.24, 2.45) is 11.3 Å². The molecule has 3 atom stereocenters. The van der Waals surface area contributed by atoms with Crippen molar-refractivity contribution < 1.29 is 41.8 Å². The van der Waals surface area contributed by atoms with E-state index in [4.69, 9.17) is 9.72 Å². The normalized spacial score (nSPS) is 18.4. The molecule has 2 aromatic heterocycles. The number of nitrogens with one attached hydrogen (secondary N) is 3. The molecule has 0 aliphatic carbocycles. The highest BCUT2D eigenvalue weighted by Crippen LogP contribution is 2.40. The van der Waals surface area contributed by atoms with Gasteiger partial charge in [-0.25, -0.2) is 14.8 Å². The number of halogens is 3. The fourth-order valence-corrected chi connectivity index (χ4v) is 10.9. The van der Waals surface area contributed by atoms with E-state index in [0.29, 0.717) is 54.3 Å². The summed E-state index contributed by atoms with van der Waals surface area (Å²) in [6.45, 7) is 17.5. The minimum Gasteiger partial charge on any atom is -0.453 e. The fraction of sp³-hybridized carbons (Fsp3) is 0.455. The molecule has 2 aliphatic rings. The number of pyridine rings is 1. The van der Waals surface area contributed by atoms with E-state index >= 15 is 0 Å². The van der Waals surface area contributed by atoms with Crippen LogP contribution in [0.2, 0.25) is 19.1 Å². The fourth-order valence-electron chi connectivity index (χ4n) is 8.00. The maximum absolute atomic E-state index is 13.8. The average Bonchev–Trinajstić information content (AvgIpc) is 3.83. The maximum Gasteiger partial charge on any atom is 0.573 e. The van der Waals surface area contributed by atoms with Gasteiger partial charge in [-0.1, -0.05) is 72.0 Å². The highest BCUT2D eigenvalue weighted by Gasteiger charge is 2.46. The molecule has 2 aromatic carbocycles. The van der Waals surface area contributed by atoms with Crippen LogP contribution in [0.1, 0.15) is 63.8 Å². The molecule has 2 fully saturated rings. The molecular formula is C44H55F3N8O6Si. The zero-order valence-electron chi connectivity index (χ0n) is 36.5. The van der Waals surface area contributed by atoms with Crippen molar-refractivity contribution in [3.8, 4) is 28.1 Å². The second kappa shape index (κ2) is 17.8. The number of alkyl carbamates (subject to hydrolysis) is 1. The van der Waals surface area contributed by atoms with Gasteiger partial charge in [-0.2, -0.15) is 0 Å². The quantitative estimate of drug-likeness (QED) is 0.135. The molecule has 4 aromatic rings. The number of carbonyl (C=O) groups excluding carboxylic acids is 4. The van der Waals surface area contributed by atoms with E-state index in [1.165, 1.54) is 25.4 Å². The molecule has 4 heterocycles. The summed E-state index contributed by atoms with van der Waals surface area (Å²) in [7, 11) is -0.606. The first-order valence-corrected chi connectivity index (χ1v) is 24.0. The van der Waals surface area contributed by atoms with Crippen LogP contribution in [-0.4, -0.2) is 108 Å². The largest absolute Gasteiger partial charge is 0.573 e. The SMILES string of the molecule is COC(=O)N[C@H](C(=O)N1C[Si](C)(C)C[C@H]1c1nc(-c2ccc(-c3ccc(NC(=O)c4ccc(N5CCN(C(=O)C(C)(C)C)C[C@H]5C)nc4)cc3OC(F)(F)F)cc2)c[nH]1)C(C)C. The summed E-state index contributed by atoms with van der Waals surface area (Å²) in [4.78, 5) is 70.3. The first-order valence-electron chi connectivity index (χ1n) is 20.6. The van der Waals surface area contributed by atoms with Crippen LogP contribution >= 0.6 is 0 Å². The Labute approximate surface area is 360 Å². The van der Waals surface area contributed by atoms with Crippen molar-refractivity contribution in [3.05, 3.63) is 78.4 Å². The molecule has 2 saturated heterocycles. The third-order valence-electron chi connectivity index (χ3n) is 11.1. The third-order valence-corrected chi connectivity index (χ3v) is 13.8. The smallest absolute Gasteiger partial charge is 0.453 e. The highest BCUT2D eigenvalue weighted by molar-refractivity contribution is 6.78. The Morgan fingerprint density at radius 2 is 1.66 bits per heavy atom. The lowest BCUT2D eigenvalue weighted by Crippen LogP contribution is -2.56. The van der Waals surface area contributed by atoms with E-state index in [2.05, 4.69) is 43.3 Å². The number of hydrogen-bond acceptors (Lipinski definition) is 9. The number of alkyl halides is 3. The summed E-state index contributed by atoms with van der Waals surface area (Å²) < 4.78 is 50.4. The monoisotopic (exact) mass is 876 g/mol. The Kier molecular flexibility index (Phi) is 13.1. The van der Waals surface area contributed by atoms with Crippen LogP contribution in [0.4, 0.5) is 29.5 Å². The molecule has 18 heteroatoms. The topological polar surface area (TPSA) is 162 Å². The summed E-state index contributed by atoms with van der Waals surface area (Å²) in [6.07, 6.45) is -1.97. The summed E-state index contributed by atoms with van der Waals surface area (Å²) in [5.74, 6) is -0.147. The number of methoxy groups -OCH3 is 1. The van der Waals surface area contributed by atoms with Crippen molar-refractivity contribution in [1.29, 1.82) is 0 Å². The van der Waals surface area contributed by atoms with Gasteiger partial charge in [0.15, 0.2) is 0 Å². The van der Waals surface area contributed by atoms with Gasteiger partial charge >= 0.3 is 12.5 Å². The highest BCUT2D eigenvalue weighted by atomic mass is 28.3. The van der Waals surface area contributed by atoms with Gasteiger partial charge < -0.3 is 39.8 Å². The number of H-pyrrole nitrogens is 1. The molecule has 4 amide bonds. The predicted molar refractivity (Wildman–Crippen MR) is 232 cm³/mol. The van der Waals surface area contributed by atoms with Crippen LogP contribution in [0.5, 0.6) is 5.75 Å². The number of amides is 4. The third kappa shape index (κ3) is 10.6. The number of piperazine rings is 1. The summed E-state index contributed by atoms with van der Waals surface area (Å²) in [5.41, 5.74) is 1.65. The number of carbonyl (C=O) groups is 4. The number of aromatic amines is 1. The Morgan fingerprint density at radius 1 is 0.968 bits per heavy atom. The Balaban J connectivity index is 1.15. The molecule has 6 rings (SSSR count). The molecular weight excluding hydrogens is 822 g/mol. The molecule has 0 saturated carbocycles. The van der Waals surface area contributed by atoms with Gasteiger partial charge in [-0.3, -0.25) is 14.4 Å². The lowest BCUT2D eigenvalue weighted by molar-refractivity contribution is -0.274. The Hall–Kier alpha value is -5.91. The molecule has 0 unspecified atom stereocenters. The summed E-state index contributed by atoms with van der Waals surface area (Å²) in [5, 5.41) is 5.33. The van der Waals surface area contributed by atoms with Gasteiger partial charge in [0.2, 0.25) is 11.8 Å². The zero-order valence-corrected chi connectivity index (χ0v) is 37.5. The molecule has 332 valence electrons. The van der Waals surface area contributed by atoms with Gasteiger partial charge in [-0.05, 0) is 48.7 Å². The van der Waals surface area contributed by atoms with Crippen molar-refractivity contribution in [1.82, 2.24) is 30.1 Å². The molecule has 14 nitrogen and oxygen atoms in total. The van der Waals surface area contributed by atoms with Crippen molar-refractivity contribution >= 4 is 43.4 Å². The van der Waals surface area contributed by atoms with Gasteiger partial charge in [0.05, 0.1) is 32.5 Å². The van der Waals surface area contributed by atoms with Crippen molar-refractivity contribution in [2.75, 3.05) is 43.1 Å². The first kappa shape index (κ1) is 45.6. The minimum absolute atomic E-state index is 0.00860. The number of aromatic nitrogens is 3. The van der Waals surface area contributed by atoms with Crippen LogP contribution in [0, 0.1) is 11.3 Å². The van der Waals surface area contributed by atoms with E-state index in [9.17, 15) is 32.3 Å². The van der Waals surface area contributed by atoms with E-state index in [1.807, 2.05) is 46.4 Å². The predicted octanol–water partition coefficient (Wildman–Crippen LogP) is 7.88. The van der Waals surface area contributed by atoms with Crippen LogP contribution in [0.25, 0.3) is 22.4 Å². The Morgan fingerprint density at radius 3 is 2.26 bits per heavy atom. The Bertz CT molecular complexity index is 2280. The average molecular weight is 877 g/mol. The molecule has 0 spiro atoms. The van der Waals surface area contributed by atoms with Crippen molar-refractivity contribution in [3.63, 3.8) is 0 Å². The number of hydrogen-bond donors (Lipinski definition) is 3. The number of ether oxygens (including phenoxy) is 2. The van der Waals surface area contributed by atoms with Gasteiger partial charge in [0.1, 0.15) is 23.4 Å². The van der Waals surface area contributed by atoms with Gasteiger partial charge in [0, 0.05) is 72.5 Å². The zero-order chi connectivity index (χ0) is 45.3. The second-order valence-electron chi connectivity index (χ2n) is 18.1. The first-order chi connectivity index (χ1) is 29.0. The van der Waals surface area contributed by atoms with Gasteiger partial charge in [0.25, 0.3) is 5.91 Å². The standard InChI is InChI=1S/C44H55F3N8O6Si/c1-26(2)37(52-42(59)60-7)40(57)55-25-62(8,9)24-34(55)38-49-22-33(51-38)29-12-10-28(11-13-29)32-16-15-31(20-35(32)61-44(45,46)47)50-39(56)30-14-17-36(48-21-30)54-19-18-53(23-27(54)3)41(58)43(4,5)6/h10-17,20-22,26-27,34,37H,18-19,23-25H2,1-9H3,(H,49,51)(H,50,56)(H,52,59)/t27-,34+,37+/m1/s1. The van der Waals surface area contributed by atoms with E-state index in [0.717, 1.165) is 12.1 Å². The van der Waals surface area contributed by atoms with E-state index in [1.54, 1.807) is 47.5 Å².